The summed E-state index contributed by atoms with van der Waals surface area (Å²) in [6, 6.07) is 2.07. The molecule has 0 aliphatic heterocycles. The second-order valence-corrected chi connectivity index (χ2v) is 6.07. The Balaban J connectivity index is 1.98. The molecule has 0 aliphatic rings. The number of imidazole rings is 1. The highest BCUT2D eigenvalue weighted by atomic mass is 19.1. The van der Waals surface area contributed by atoms with Crippen LogP contribution in [0.15, 0.2) is 30.7 Å². The van der Waals surface area contributed by atoms with Gasteiger partial charge in [0.25, 0.3) is 0 Å². The lowest BCUT2D eigenvalue weighted by Gasteiger charge is -2.17. The van der Waals surface area contributed by atoms with Crippen LogP contribution in [0.2, 0.25) is 0 Å². The summed E-state index contributed by atoms with van der Waals surface area (Å²) in [4.78, 5) is 28.6. The molecule has 1 heterocycles. The fourth-order valence-corrected chi connectivity index (χ4v) is 2.58. The van der Waals surface area contributed by atoms with Crippen molar-refractivity contribution in [3.8, 4) is 0 Å². The lowest BCUT2D eigenvalue weighted by Crippen LogP contribution is -2.44. The van der Waals surface area contributed by atoms with Crippen molar-refractivity contribution < 1.29 is 23.5 Å². The Kier molecular flexibility index (Phi) is 7.42. The number of aromatic nitrogens is 2. The predicted molar refractivity (Wildman–Crippen MR) is 94.8 cm³/mol. The van der Waals surface area contributed by atoms with Crippen molar-refractivity contribution in [2.24, 2.45) is 0 Å². The summed E-state index contributed by atoms with van der Waals surface area (Å²) in [5.74, 6) is -2.18. The van der Waals surface area contributed by atoms with Crippen molar-refractivity contribution in [3.05, 3.63) is 47.9 Å². The third-order valence-corrected chi connectivity index (χ3v) is 3.76. The third-order valence-electron chi connectivity index (χ3n) is 3.76. The molecule has 9 heteroatoms. The maximum Gasteiger partial charge on any atom is 0.248 e. The summed E-state index contributed by atoms with van der Waals surface area (Å²) >= 11 is 0. The van der Waals surface area contributed by atoms with Gasteiger partial charge in [-0.3, -0.25) is 9.59 Å². The fraction of sp³-hybridized carbons (Fsp3) is 0.389. The van der Waals surface area contributed by atoms with Gasteiger partial charge in [0.1, 0.15) is 17.7 Å². The van der Waals surface area contributed by atoms with Crippen LogP contribution in [0.1, 0.15) is 25.3 Å². The Labute approximate surface area is 155 Å². The van der Waals surface area contributed by atoms with Gasteiger partial charge in [-0.05, 0) is 24.1 Å². The minimum atomic E-state index is -0.802. The van der Waals surface area contributed by atoms with Gasteiger partial charge in [0.05, 0.1) is 19.4 Å². The second-order valence-electron chi connectivity index (χ2n) is 6.07. The van der Waals surface area contributed by atoms with Crippen LogP contribution in [-0.4, -0.2) is 39.1 Å². The molecule has 2 amide bonds. The maximum absolute atomic E-state index is 13.2. The molecule has 1 aromatic heterocycles. The number of hydrogen-bond acceptors (Lipinski definition) is 4. The van der Waals surface area contributed by atoms with Gasteiger partial charge in [-0.25, -0.2) is 13.8 Å². The van der Waals surface area contributed by atoms with Crippen LogP contribution < -0.4 is 10.6 Å². The molecular formula is C18H22F2N4O3. The Morgan fingerprint density at radius 3 is 2.59 bits per heavy atom. The summed E-state index contributed by atoms with van der Waals surface area (Å²) in [7, 11) is 0. The zero-order chi connectivity index (χ0) is 19.8. The van der Waals surface area contributed by atoms with Crippen LogP contribution in [0.25, 0.3) is 0 Å². The van der Waals surface area contributed by atoms with E-state index in [1.54, 1.807) is 10.8 Å². The van der Waals surface area contributed by atoms with E-state index in [1.807, 2.05) is 6.92 Å². The largest absolute Gasteiger partial charge is 0.395 e. The first-order chi connectivity index (χ1) is 12.9. The molecule has 1 atom stereocenters. The van der Waals surface area contributed by atoms with E-state index in [0.717, 1.165) is 18.2 Å². The highest BCUT2D eigenvalue weighted by Crippen LogP contribution is 2.10. The minimum absolute atomic E-state index is 0.0566. The average molecular weight is 380 g/mol. The summed E-state index contributed by atoms with van der Waals surface area (Å²) in [5, 5.41) is 14.1. The second kappa shape index (κ2) is 9.77. The molecule has 27 heavy (non-hydrogen) atoms. The molecule has 0 saturated carbocycles. The van der Waals surface area contributed by atoms with Gasteiger partial charge in [-0.15, -0.1) is 0 Å². The van der Waals surface area contributed by atoms with Crippen LogP contribution in [0, 0.1) is 11.6 Å². The van der Waals surface area contributed by atoms with E-state index in [1.165, 1.54) is 6.33 Å². The molecular weight excluding hydrogens is 358 g/mol. The molecule has 2 rings (SSSR count). The van der Waals surface area contributed by atoms with Crippen LogP contribution in [0.4, 0.5) is 14.6 Å². The van der Waals surface area contributed by atoms with Crippen LogP contribution in [0.3, 0.4) is 0 Å². The third kappa shape index (κ3) is 6.45. The number of nitrogens with zero attached hydrogens (tertiary/aromatic N) is 2. The Morgan fingerprint density at radius 1 is 1.26 bits per heavy atom. The zero-order valence-corrected chi connectivity index (χ0v) is 14.9. The van der Waals surface area contributed by atoms with Crippen LogP contribution in [-0.2, 0) is 22.6 Å². The van der Waals surface area contributed by atoms with Gasteiger partial charge >= 0.3 is 0 Å². The van der Waals surface area contributed by atoms with Crippen molar-refractivity contribution in [1.29, 1.82) is 0 Å². The highest BCUT2D eigenvalue weighted by Gasteiger charge is 2.21. The molecule has 0 fully saturated rings. The number of anilines is 1. The van der Waals surface area contributed by atoms with Gasteiger partial charge in [-0.1, -0.05) is 13.3 Å². The lowest BCUT2D eigenvalue weighted by atomic mass is 10.1. The van der Waals surface area contributed by atoms with Gasteiger partial charge in [0, 0.05) is 18.8 Å². The van der Waals surface area contributed by atoms with Gasteiger partial charge in [-0.2, -0.15) is 0 Å². The molecule has 3 N–H and O–H groups in total. The first-order valence-corrected chi connectivity index (χ1v) is 8.59. The topological polar surface area (TPSA) is 96.2 Å². The molecule has 0 bridgehead atoms. The molecule has 1 aromatic carbocycles. The van der Waals surface area contributed by atoms with Crippen LogP contribution >= 0.6 is 0 Å². The van der Waals surface area contributed by atoms with Crippen molar-refractivity contribution in [3.63, 3.8) is 0 Å². The highest BCUT2D eigenvalue weighted by molar-refractivity contribution is 5.96. The summed E-state index contributed by atoms with van der Waals surface area (Å²) in [5.41, 5.74) is 0.184. The van der Waals surface area contributed by atoms with E-state index < -0.39 is 29.5 Å². The molecule has 0 saturated heterocycles. The average Bonchev–Trinajstić information content (AvgIpc) is 3.00. The first-order valence-electron chi connectivity index (χ1n) is 8.59. The van der Waals surface area contributed by atoms with E-state index >= 15 is 0 Å². The number of rotatable bonds is 9. The van der Waals surface area contributed by atoms with E-state index in [2.05, 4.69) is 15.6 Å². The Hall–Kier alpha value is -2.81. The van der Waals surface area contributed by atoms with Crippen molar-refractivity contribution in [1.82, 2.24) is 14.9 Å². The number of carbonyl (C=O) groups is 2. The minimum Gasteiger partial charge on any atom is -0.395 e. The van der Waals surface area contributed by atoms with Gasteiger partial charge in [0.15, 0.2) is 5.82 Å². The number of aliphatic hydroxyl groups is 1. The maximum atomic E-state index is 13.2. The number of aliphatic hydroxyl groups excluding tert-OH is 1. The molecule has 7 nitrogen and oxygen atoms in total. The zero-order valence-electron chi connectivity index (χ0n) is 14.9. The Bertz CT molecular complexity index is 774. The number of carbonyl (C=O) groups excluding carboxylic acids is 2. The Morgan fingerprint density at radius 2 is 1.96 bits per heavy atom. The first kappa shape index (κ1) is 20.5. The number of benzene rings is 1. The quantitative estimate of drug-likeness (QED) is 0.616. The summed E-state index contributed by atoms with van der Waals surface area (Å²) in [6.45, 7) is 2.16. The van der Waals surface area contributed by atoms with E-state index in [0.29, 0.717) is 25.2 Å². The van der Waals surface area contributed by atoms with Gasteiger partial charge < -0.3 is 20.3 Å². The monoisotopic (exact) mass is 380 g/mol. The number of nitrogens with one attached hydrogen (secondary N) is 2. The van der Waals surface area contributed by atoms with Crippen LogP contribution in [0.5, 0.6) is 0 Å². The SMILES string of the molecule is CCC[C@H](NC(=O)Cc1cc(F)cc(F)c1)C(=O)Nc1cn(CCO)cn1. The fourth-order valence-electron chi connectivity index (χ4n) is 2.58. The molecule has 146 valence electrons. The number of hydrogen-bond donors (Lipinski definition) is 3. The normalized spacial score (nSPS) is 11.9. The molecule has 0 radical (unpaired) electrons. The van der Waals surface area contributed by atoms with E-state index in [-0.39, 0.29) is 18.6 Å². The molecule has 0 spiro atoms. The molecule has 2 aromatic rings. The summed E-state index contributed by atoms with van der Waals surface area (Å²) in [6.07, 6.45) is 3.83. The van der Waals surface area contributed by atoms with Crippen molar-refractivity contribution in [2.45, 2.75) is 38.8 Å². The lowest BCUT2D eigenvalue weighted by molar-refractivity contribution is -0.126. The van der Waals surface area contributed by atoms with E-state index in [4.69, 9.17) is 5.11 Å². The van der Waals surface area contributed by atoms with Crippen molar-refractivity contribution >= 4 is 17.6 Å². The molecule has 0 aliphatic carbocycles. The van der Waals surface area contributed by atoms with Crippen molar-refractivity contribution in [2.75, 3.05) is 11.9 Å². The van der Waals surface area contributed by atoms with Gasteiger partial charge in [0.2, 0.25) is 11.8 Å². The number of halogens is 2. The molecule has 0 unspecified atom stereocenters. The predicted octanol–water partition coefficient (Wildman–Crippen LogP) is 1.62. The standard InChI is InChI=1S/C18H22F2N4O3/c1-2-3-15(18(27)23-16-10-24(4-5-25)11-21-16)22-17(26)8-12-6-13(19)9-14(20)7-12/h6-7,9-11,15,25H,2-5,8H2,1H3,(H,22,26)(H,23,27)/t15-/m0/s1. The van der Waals surface area contributed by atoms with E-state index in [9.17, 15) is 18.4 Å². The summed E-state index contributed by atoms with van der Waals surface area (Å²) < 4.78 is 28.1. The number of amides is 2. The smallest absolute Gasteiger partial charge is 0.248 e.